The van der Waals surface area contributed by atoms with Gasteiger partial charge in [0.05, 0.1) is 37.0 Å². The molecule has 0 radical (unpaired) electrons. The van der Waals surface area contributed by atoms with Gasteiger partial charge in [0.2, 0.25) is 17.7 Å². The number of methoxy groups -OCH3 is 2. The van der Waals surface area contributed by atoms with E-state index in [0.717, 1.165) is 52.0 Å². The zero-order valence-corrected chi connectivity index (χ0v) is 21.0. The smallest absolute Gasteiger partial charge is 0.237 e. The Hall–Kier alpha value is -4.60. The number of carbonyl (C=O) groups is 2. The van der Waals surface area contributed by atoms with Crippen LogP contribution < -0.4 is 25.0 Å². The molecule has 38 heavy (non-hydrogen) atoms. The van der Waals surface area contributed by atoms with E-state index in [9.17, 15) is 9.59 Å². The number of hydrogen-bond donors (Lipinski definition) is 3. The van der Waals surface area contributed by atoms with Crippen LogP contribution in [-0.4, -0.2) is 47.8 Å². The van der Waals surface area contributed by atoms with Crippen molar-refractivity contribution in [2.45, 2.75) is 30.6 Å². The van der Waals surface area contributed by atoms with Gasteiger partial charge in [-0.3, -0.25) is 14.7 Å². The Labute approximate surface area is 218 Å². The van der Waals surface area contributed by atoms with Gasteiger partial charge in [-0.25, -0.2) is 4.98 Å². The first-order chi connectivity index (χ1) is 18.5. The lowest BCUT2D eigenvalue weighted by atomic mass is 9.91. The molecule has 192 valence electrons. The molecule has 2 aromatic carbocycles. The van der Waals surface area contributed by atoms with Crippen molar-refractivity contribution >= 4 is 45.6 Å². The highest BCUT2D eigenvalue weighted by molar-refractivity contribution is 6.10. The van der Waals surface area contributed by atoms with Gasteiger partial charge in [-0.05, 0) is 60.4 Å². The van der Waals surface area contributed by atoms with Crippen LogP contribution in [0.25, 0.3) is 10.9 Å². The van der Waals surface area contributed by atoms with Gasteiger partial charge in [-0.15, -0.1) is 0 Å². The summed E-state index contributed by atoms with van der Waals surface area (Å²) in [7, 11) is 3.19. The highest BCUT2D eigenvalue weighted by Crippen LogP contribution is 2.65. The molecule has 2 fully saturated rings. The molecule has 1 aliphatic carbocycles. The summed E-state index contributed by atoms with van der Waals surface area (Å²) in [6.07, 6.45) is 3.78. The van der Waals surface area contributed by atoms with Crippen LogP contribution in [-0.2, 0) is 15.0 Å². The van der Waals surface area contributed by atoms with Crippen molar-refractivity contribution in [3.63, 3.8) is 0 Å². The van der Waals surface area contributed by atoms with E-state index < -0.39 is 5.41 Å². The summed E-state index contributed by atoms with van der Waals surface area (Å²) in [5, 5.41) is 14.9. The van der Waals surface area contributed by atoms with Crippen LogP contribution in [0.4, 0.5) is 22.9 Å². The Kier molecular flexibility index (Phi) is 4.88. The summed E-state index contributed by atoms with van der Waals surface area (Å²) in [5.41, 5.74) is 4.56. The largest absolute Gasteiger partial charge is 0.497 e. The lowest BCUT2D eigenvalue weighted by molar-refractivity contribution is -0.118. The molecule has 1 saturated heterocycles. The second-order valence-electron chi connectivity index (χ2n) is 10.00. The number of nitrogens with zero attached hydrogens (tertiary/aromatic N) is 3. The Bertz CT molecular complexity index is 1630. The van der Waals surface area contributed by atoms with Gasteiger partial charge in [-0.1, -0.05) is 6.07 Å². The maximum Gasteiger partial charge on any atom is 0.237 e. The quantitative estimate of drug-likeness (QED) is 0.355. The standard InChI is InChI=1S/C28H26N6O4/c1-37-17-6-8-21-19(12-17)28(27(36)31-21)13-20(28)15-5-7-18-22(10-15)32-33-25(18)30-23-11-16(14-29-26(23)38-2)34-9-3-4-24(34)35/h5-8,10-12,14,20H,3-4,9,13H2,1-2H3,(H,31,36)(H2,30,32,33)/t20-,28-/m0/s1. The second kappa shape index (κ2) is 8.20. The van der Waals surface area contributed by atoms with E-state index in [0.29, 0.717) is 30.4 Å². The number of rotatable bonds is 6. The highest BCUT2D eigenvalue weighted by Gasteiger charge is 2.65. The number of hydrogen-bond acceptors (Lipinski definition) is 7. The van der Waals surface area contributed by atoms with Crippen LogP contribution >= 0.6 is 0 Å². The molecule has 10 heteroatoms. The Morgan fingerprint density at radius 2 is 2.00 bits per heavy atom. The number of ether oxygens (including phenoxy) is 2. The van der Waals surface area contributed by atoms with Crippen molar-refractivity contribution in [2.24, 2.45) is 0 Å². The average Bonchev–Trinajstić information content (AvgIpc) is 3.18. The fourth-order valence-electron chi connectivity index (χ4n) is 5.94. The minimum Gasteiger partial charge on any atom is -0.497 e. The van der Waals surface area contributed by atoms with Crippen LogP contribution in [0.5, 0.6) is 11.6 Å². The van der Waals surface area contributed by atoms with Crippen molar-refractivity contribution in [3.05, 3.63) is 59.8 Å². The van der Waals surface area contributed by atoms with E-state index in [2.05, 4.69) is 37.9 Å². The van der Waals surface area contributed by atoms with E-state index in [4.69, 9.17) is 9.47 Å². The number of benzene rings is 2. The average molecular weight is 511 g/mol. The van der Waals surface area contributed by atoms with E-state index in [-0.39, 0.29) is 17.7 Å². The summed E-state index contributed by atoms with van der Waals surface area (Å²) in [4.78, 5) is 31.4. The molecule has 4 heterocycles. The van der Waals surface area contributed by atoms with Crippen molar-refractivity contribution in [2.75, 3.05) is 36.3 Å². The van der Waals surface area contributed by atoms with Gasteiger partial charge in [-0.2, -0.15) is 5.10 Å². The van der Waals surface area contributed by atoms with E-state index in [1.807, 2.05) is 30.3 Å². The van der Waals surface area contributed by atoms with Gasteiger partial charge < -0.3 is 25.0 Å². The maximum atomic E-state index is 13.0. The van der Waals surface area contributed by atoms with Crippen LogP contribution in [0.3, 0.4) is 0 Å². The first-order valence-electron chi connectivity index (χ1n) is 12.6. The molecule has 10 nitrogen and oxygen atoms in total. The molecule has 1 saturated carbocycles. The van der Waals surface area contributed by atoms with Gasteiger partial charge in [0.1, 0.15) is 11.4 Å². The first-order valence-corrected chi connectivity index (χ1v) is 12.6. The minimum atomic E-state index is -0.564. The van der Waals surface area contributed by atoms with Gasteiger partial charge in [0, 0.05) is 30.0 Å². The zero-order chi connectivity index (χ0) is 26.0. The Morgan fingerprint density at radius 3 is 2.79 bits per heavy atom. The molecule has 2 atom stereocenters. The lowest BCUT2D eigenvalue weighted by Gasteiger charge is -2.17. The van der Waals surface area contributed by atoms with Crippen molar-refractivity contribution in [3.8, 4) is 11.6 Å². The van der Waals surface area contributed by atoms with Crippen LogP contribution in [0.2, 0.25) is 0 Å². The summed E-state index contributed by atoms with van der Waals surface area (Å²) in [5.74, 6) is 1.97. The maximum absolute atomic E-state index is 13.0. The second-order valence-corrected chi connectivity index (χ2v) is 10.00. The van der Waals surface area contributed by atoms with Crippen LogP contribution in [0.15, 0.2) is 48.7 Å². The summed E-state index contributed by atoms with van der Waals surface area (Å²) >= 11 is 0. The number of aromatic amines is 1. The minimum absolute atomic E-state index is 0.0359. The first kappa shape index (κ1) is 22.6. The fraction of sp³-hybridized carbons (Fsp3) is 0.286. The number of anilines is 4. The predicted octanol–water partition coefficient (Wildman–Crippen LogP) is 4.22. The highest BCUT2D eigenvalue weighted by atomic mass is 16.5. The molecule has 0 bridgehead atoms. The van der Waals surface area contributed by atoms with E-state index in [1.54, 1.807) is 25.3 Å². The van der Waals surface area contributed by atoms with Gasteiger partial charge in [0.25, 0.3) is 0 Å². The number of pyridine rings is 1. The number of H-pyrrole nitrogens is 1. The molecule has 2 aromatic heterocycles. The number of fused-ring (bicyclic) bond motifs is 3. The van der Waals surface area contributed by atoms with Crippen molar-refractivity contribution in [1.82, 2.24) is 15.2 Å². The zero-order valence-electron chi connectivity index (χ0n) is 21.0. The number of carbonyl (C=O) groups excluding carboxylic acids is 2. The fourth-order valence-corrected chi connectivity index (χ4v) is 5.94. The molecule has 0 unspecified atom stereocenters. The molecule has 3 aliphatic rings. The SMILES string of the molecule is COc1ccc2c(c1)[C@]1(C[C@H]1c1ccc3c(Nc4cc(N5CCCC5=O)cnc4OC)n[nH]c3c1)C(=O)N2. The Balaban J connectivity index is 1.19. The molecular formula is C28H26N6O4. The van der Waals surface area contributed by atoms with Crippen molar-refractivity contribution < 1.29 is 19.1 Å². The summed E-state index contributed by atoms with van der Waals surface area (Å²) in [6.45, 7) is 0.679. The monoisotopic (exact) mass is 510 g/mol. The topological polar surface area (TPSA) is 121 Å². The van der Waals surface area contributed by atoms with Gasteiger partial charge in [0.15, 0.2) is 5.82 Å². The number of aromatic nitrogens is 3. The molecule has 4 aromatic rings. The lowest BCUT2D eigenvalue weighted by Crippen LogP contribution is -2.23. The van der Waals surface area contributed by atoms with Crippen LogP contribution in [0, 0.1) is 0 Å². The molecular weight excluding hydrogens is 484 g/mol. The third-order valence-corrected chi connectivity index (χ3v) is 7.98. The van der Waals surface area contributed by atoms with Crippen molar-refractivity contribution in [1.29, 1.82) is 0 Å². The van der Waals surface area contributed by atoms with Crippen LogP contribution in [0.1, 0.15) is 36.3 Å². The summed E-state index contributed by atoms with van der Waals surface area (Å²) in [6, 6.07) is 13.7. The van der Waals surface area contributed by atoms with E-state index in [1.165, 1.54) is 0 Å². The number of nitrogens with one attached hydrogen (secondary N) is 3. The normalized spacial score (nSPS) is 21.6. The van der Waals surface area contributed by atoms with Gasteiger partial charge >= 0.3 is 0 Å². The molecule has 3 N–H and O–H groups in total. The summed E-state index contributed by atoms with van der Waals surface area (Å²) < 4.78 is 10.9. The molecule has 2 amide bonds. The number of amides is 2. The molecule has 1 spiro atoms. The molecule has 7 rings (SSSR count). The third kappa shape index (κ3) is 3.26. The predicted molar refractivity (Wildman–Crippen MR) is 142 cm³/mol. The van der Waals surface area contributed by atoms with E-state index >= 15 is 0 Å². The Morgan fingerprint density at radius 1 is 1.11 bits per heavy atom. The molecule has 2 aliphatic heterocycles. The third-order valence-electron chi connectivity index (χ3n) is 7.98.